The Bertz CT molecular complexity index is 3950. The quantitative estimate of drug-likeness (QED) is 0.166. The minimum atomic E-state index is -0.473. The summed E-state index contributed by atoms with van der Waals surface area (Å²) < 4.78 is 4.69. The van der Waals surface area contributed by atoms with Gasteiger partial charge in [0.15, 0.2) is 0 Å². The first-order chi connectivity index (χ1) is 34.0. The predicted molar refractivity (Wildman–Crippen MR) is 286 cm³/mol. The van der Waals surface area contributed by atoms with E-state index < -0.39 is 5.41 Å². The smallest absolute Gasteiger partial charge is 0.145 e. The van der Waals surface area contributed by atoms with Gasteiger partial charge in [-0.25, -0.2) is 4.98 Å². The molecule has 0 unspecified atom stereocenters. The molecule has 326 valence electrons. The van der Waals surface area contributed by atoms with Crippen molar-refractivity contribution in [3.05, 3.63) is 270 Å². The highest BCUT2D eigenvalue weighted by molar-refractivity contribution is 7.99. The Labute approximate surface area is 406 Å². The maximum absolute atomic E-state index is 5.09. The first-order valence-corrected chi connectivity index (χ1v) is 24.7. The third-order valence-corrected chi connectivity index (χ3v) is 16.3. The summed E-state index contributed by atoms with van der Waals surface area (Å²) in [6.07, 6.45) is 0. The molecule has 3 nitrogen and oxygen atoms in total. The van der Waals surface area contributed by atoms with E-state index in [1.165, 1.54) is 87.2 Å². The van der Waals surface area contributed by atoms with Crippen molar-refractivity contribution < 1.29 is 0 Å². The summed E-state index contributed by atoms with van der Waals surface area (Å²) in [6, 6.07) is 87.2. The van der Waals surface area contributed by atoms with E-state index in [9.17, 15) is 0 Å². The zero-order chi connectivity index (χ0) is 45.8. The second-order valence-electron chi connectivity index (χ2n) is 19.1. The van der Waals surface area contributed by atoms with Crippen LogP contribution >= 0.6 is 11.8 Å². The van der Waals surface area contributed by atoms with Crippen LogP contribution in [0.2, 0.25) is 0 Å². The van der Waals surface area contributed by atoms with Crippen LogP contribution in [0.1, 0.15) is 47.2 Å². The molecular formula is C65H45N3S. The molecule has 12 aromatic rings. The Balaban J connectivity index is 0.885. The number of imidazole rings is 1. The van der Waals surface area contributed by atoms with Gasteiger partial charge < -0.3 is 4.57 Å². The van der Waals surface area contributed by atoms with E-state index in [4.69, 9.17) is 4.98 Å². The summed E-state index contributed by atoms with van der Waals surface area (Å²) in [5, 5.41) is 2.48. The second kappa shape index (κ2) is 15.2. The molecule has 1 aliphatic heterocycles. The van der Waals surface area contributed by atoms with Gasteiger partial charge in [0, 0.05) is 48.5 Å². The summed E-state index contributed by atoms with van der Waals surface area (Å²) in [4.78, 5) is 7.76. The highest BCUT2D eigenvalue weighted by Crippen LogP contribution is 2.62. The maximum atomic E-state index is 5.09. The molecular weight excluding hydrogens is 855 g/mol. The third-order valence-electron chi connectivity index (χ3n) is 15.1. The minimum absolute atomic E-state index is 0.202. The molecule has 0 saturated heterocycles. The predicted octanol–water partition coefficient (Wildman–Crippen LogP) is 16.6. The normalized spacial score (nSPS) is 14.1. The minimum Gasteiger partial charge on any atom is -0.309 e. The fourth-order valence-corrected chi connectivity index (χ4v) is 13.3. The molecule has 0 amide bonds. The van der Waals surface area contributed by atoms with E-state index in [0.717, 1.165) is 33.8 Å². The Morgan fingerprint density at radius 2 is 0.986 bits per heavy atom. The van der Waals surface area contributed by atoms with Gasteiger partial charge in [0.05, 0.1) is 27.5 Å². The summed E-state index contributed by atoms with van der Waals surface area (Å²) in [5.41, 5.74) is 20.2. The van der Waals surface area contributed by atoms with E-state index in [-0.39, 0.29) is 5.41 Å². The first kappa shape index (κ1) is 39.9. The molecule has 69 heavy (non-hydrogen) atoms. The molecule has 0 fully saturated rings. The lowest BCUT2D eigenvalue weighted by molar-refractivity contribution is 0.655. The zero-order valence-electron chi connectivity index (χ0n) is 38.3. The van der Waals surface area contributed by atoms with Crippen molar-refractivity contribution >= 4 is 44.6 Å². The van der Waals surface area contributed by atoms with Gasteiger partial charge in [0.1, 0.15) is 5.82 Å². The van der Waals surface area contributed by atoms with Crippen molar-refractivity contribution in [2.75, 3.05) is 0 Å². The fraction of sp³-hybridized carbons (Fsp3) is 0.0615. The van der Waals surface area contributed by atoms with Gasteiger partial charge in [-0.05, 0) is 117 Å². The molecule has 0 radical (unpaired) electrons. The van der Waals surface area contributed by atoms with Gasteiger partial charge in [-0.2, -0.15) is 0 Å². The summed E-state index contributed by atoms with van der Waals surface area (Å²) in [5.74, 6) is 0.935. The lowest BCUT2D eigenvalue weighted by atomic mass is 9.64. The van der Waals surface area contributed by atoms with Gasteiger partial charge in [0.25, 0.3) is 0 Å². The van der Waals surface area contributed by atoms with Gasteiger partial charge in [0.2, 0.25) is 0 Å². The molecule has 0 bridgehead atoms. The van der Waals surface area contributed by atoms with Crippen LogP contribution < -0.4 is 0 Å². The average Bonchev–Trinajstić information content (AvgIpc) is 4.04. The molecule has 4 heteroatoms. The Morgan fingerprint density at radius 3 is 1.74 bits per heavy atom. The van der Waals surface area contributed by atoms with Crippen LogP contribution in [0.4, 0.5) is 0 Å². The molecule has 0 spiro atoms. The van der Waals surface area contributed by atoms with Crippen LogP contribution in [0.15, 0.2) is 246 Å². The summed E-state index contributed by atoms with van der Waals surface area (Å²) >= 11 is 1.94. The number of benzene rings is 10. The standard InChI is InChI=1S/C65H45N3S/c1-64(2)53-37-38-54-62(69-60-29-17-13-25-52(60)65(54,45-20-8-4-9-21-45)46-22-10-5-11-23-46)61(53)50-36-30-44(41-55(50)64)43-31-39-58-51(40-43)49-24-12-15-27-57(49)67(58)47-32-34-48(35-33-47)68-59-28-16-14-26-56(59)66-63(68)42-18-6-3-7-19-42/h3-41H,1-2H3. The molecule has 3 heterocycles. The van der Waals surface area contributed by atoms with Gasteiger partial charge in [-0.15, -0.1) is 0 Å². The molecule has 2 aromatic heterocycles. The molecule has 2 aliphatic rings. The number of rotatable bonds is 6. The van der Waals surface area contributed by atoms with E-state index in [0.29, 0.717) is 0 Å². The lowest BCUT2D eigenvalue weighted by Gasteiger charge is -2.42. The van der Waals surface area contributed by atoms with Crippen molar-refractivity contribution in [3.8, 4) is 45.0 Å². The number of hydrogen-bond donors (Lipinski definition) is 0. The van der Waals surface area contributed by atoms with Gasteiger partial charge in [-0.1, -0.05) is 195 Å². The van der Waals surface area contributed by atoms with Crippen molar-refractivity contribution in [1.29, 1.82) is 0 Å². The van der Waals surface area contributed by atoms with Crippen LogP contribution in [0.25, 0.3) is 77.9 Å². The number of hydrogen-bond acceptors (Lipinski definition) is 2. The fourth-order valence-electron chi connectivity index (χ4n) is 11.9. The SMILES string of the molecule is CC1(C)c2cc(-c3ccc4c(c3)c3ccccc3n4-c3ccc(-n4c(-c5ccccc5)nc5ccccc54)cc3)ccc2-c2c1ccc1c2Sc2ccccc2C1(c1ccccc1)c1ccccc1. The molecule has 1 aliphatic carbocycles. The average molecular weight is 900 g/mol. The Morgan fingerprint density at radius 1 is 0.406 bits per heavy atom. The molecule has 0 atom stereocenters. The lowest BCUT2D eigenvalue weighted by Crippen LogP contribution is -2.34. The van der Waals surface area contributed by atoms with E-state index in [1.54, 1.807) is 0 Å². The van der Waals surface area contributed by atoms with Crippen LogP contribution in [0.3, 0.4) is 0 Å². The highest BCUT2D eigenvalue weighted by atomic mass is 32.2. The number of para-hydroxylation sites is 3. The van der Waals surface area contributed by atoms with Crippen LogP contribution in [-0.2, 0) is 10.8 Å². The van der Waals surface area contributed by atoms with Crippen LogP contribution in [-0.4, -0.2) is 14.1 Å². The van der Waals surface area contributed by atoms with Crippen LogP contribution in [0.5, 0.6) is 0 Å². The zero-order valence-corrected chi connectivity index (χ0v) is 39.1. The Kier molecular flexibility index (Phi) is 8.78. The van der Waals surface area contributed by atoms with Crippen molar-refractivity contribution in [2.45, 2.75) is 34.5 Å². The second-order valence-corrected chi connectivity index (χ2v) is 20.1. The molecule has 14 rings (SSSR count). The van der Waals surface area contributed by atoms with Crippen LogP contribution in [0, 0.1) is 0 Å². The van der Waals surface area contributed by atoms with E-state index >= 15 is 0 Å². The Hall–Kier alpha value is -8.18. The molecule has 0 saturated carbocycles. The summed E-state index contributed by atoms with van der Waals surface area (Å²) in [6.45, 7) is 4.83. The topological polar surface area (TPSA) is 22.8 Å². The number of fused-ring (bicyclic) bond motifs is 10. The van der Waals surface area contributed by atoms with E-state index in [2.05, 4.69) is 260 Å². The maximum Gasteiger partial charge on any atom is 0.145 e. The number of aromatic nitrogens is 3. The van der Waals surface area contributed by atoms with E-state index in [1.807, 2.05) is 11.8 Å². The largest absolute Gasteiger partial charge is 0.309 e. The third kappa shape index (κ3) is 5.79. The van der Waals surface area contributed by atoms with Crippen molar-refractivity contribution in [3.63, 3.8) is 0 Å². The molecule has 10 aromatic carbocycles. The number of nitrogens with zero attached hydrogens (tertiary/aromatic N) is 3. The highest BCUT2D eigenvalue weighted by Gasteiger charge is 2.47. The monoisotopic (exact) mass is 899 g/mol. The van der Waals surface area contributed by atoms with Crippen molar-refractivity contribution in [1.82, 2.24) is 14.1 Å². The van der Waals surface area contributed by atoms with Gasteiger partial charge in [-0.3, -0.25) is 4.57 Å². The summed E-state index contributed by atoms with van der Waals surface area (Å²) in [7, 11) is 0. The van der Waals surface area contributed by atoms with Gasteiger partial charge >= 0.3 is 0 Å². The van der Waals surface area contributed by atoms with Crippen molar-refractivity contribution in [2.24, 2.45) is 0 Å². The first-order valence-electron chi connectivity index (χ1n) is 23.9. The molecule has 0 N–H and O–H groups in total.